The van der Waals surface area contributed by atoms with Gasteiger partial charge in [0.1, 0.15) is 11.6 Å². The summed E-state index contributed by atoms with van der Waals surface area (Å²) in [5.41, 5.74) is 1.16. The van der Waals surface area contributed by atoms with Gasteiger partial charge in [0, 0.05) is 49.0 Å². The lowest BCUT2D eigenvalue weighted by Crippen LogP contribution is -2.51. The minimum Gasteiger partial charge on any atom is -0.497 e. The van der Waals surface area contributed by atoms with Crippen LogP contribution in [0.4, 0.5) is 10.1 Å². The number of amides is 2. The maximum Gasteiger partial charge on any atom is 0.238 e. The molecule has 3 rings (SSSR count). The van der Waals surface area contributed by atoms with Gasteiger partial charge in [-0.15, -0.1) is 0 Å². The molecule has 0 unspecified atom stereocenters. The lowest BCUT2D eigenvalue weighted by atomic mass is 10.2. The van der Waals surface area contributed by atoms with Crippen LogP contribution in [-0.4, -0.2) is 79.4 Å². The van der Waals surface area contributed by atoms with Gasteiger partial charge in [-0.2, -0.15) is 0 Å². The second kappa shape index (κ2) is 12.0. The second-order valence-electron chi connectivity index (χ2n) is 7.94. The van der Waals surface area contributed by atoms with Gasteiger partial charge in [0.2, 0.25) is 11.8 Å². The van der Waals surface area contributed by atoms with Crippen LogP contribution in [0.3, 0.4) is 0 Å². The van der Waals surface area contributed by atoms with Gasteiger partial charge in [-0.25, -0.2) is 4.39 Å². The van der Waals surface area contributed by atoms with Crippen LogP contribution in [0.2, 0.25) is 5.02 Å². The standard InChI is InChI=1S/C24H30ClFN4O3/c1-3-28(16-23(31)27-18-7-9-19(33-2)10-8-18)17-24(32)30-13-11-29(12-14-30)15-20-21(25)5-4-6-22(20)26/h4-10H,3,11-17H2,1-2H3,(H,27,31). The van der Waals surface area contributed by atoms with Crippen molar-refractivity contribution >= 4 is 29.1 Å². The van der Waals surface area contributed by atoms with E-state index in [9.17, 15) is 14.0 Å². The summed E-state index contributed by atoms with van der Waals surface area (Å²) in [7, 11) is 1.59. The Morgan fingerprint density at radius 3 is 2.39 bits per heavy atom. The molecule has 1 saturated heterocycles. The van der Waals surface area contributed by atoms with Crippen molar-refractivity contribution in [3.8, 4) is 5.75 Å². The van der Waals surface area contributed by atoms with Gasteiger partial charge in [-0.1, -0.05) is 24.6 Å². The molecule has 1 aliphatic heterocycles. The molecule has 0 bridgehead atoms. The number of piperazine rings is 1. The van der Waals surface area contributed by atoms with Crippen molar-refractivity contribution in [2.45, 2.75) is 13.5 Å². The minimum absolute atomic E-state index is 0.0160. The van der Waals surface area contributed by atoms with Crippen LogP contribution in [0.15, 0.2) is 42.5 Å². The predicted molar refractivity (Wildman–Crippen MR) is 127 cm³/mol. The molecular weight excluding hydrogens is 447 g/mol. The number of rotatable bonds is 9. The number of benzene rings is 2. The molecule has 2 amide bonds. The first kappa shape index (κ1) is 25.0. The summed E-state index contributed by atoms with van der Waals surface area (Å²) in [6, 6.07) is 11.8. The Morgan fingerprint density at radius 2 is 1.79 bits per heavy atom. The van der Waals surface area contributed by atoms with Crippen molar-refractivity contribution < 1.29 is 18.7 Å². The van der Waals surface area contributed by atoms with E-state index in [1.807, 2.05) is 11.8 Å². The van der Waals surface area contributed by atoms with Crippen LogP contribution in [0.25, 0.3) is 0 Å². The van der Waals surface area contributed by atoms with Crippen LogP contribution < -0.4 is 10.1 Å². The molecule has 2 aromatic carbocycles. The molecule has 33 heavy (non-hydrogen) atoms. The first-order valence-corrected chi connectivity index (χ1v) is 11.4. The number of carbonyl (C=O) groups is 2. The number of methoxy groups -OCH3 is 1. The maximum absolute atomic E-state index is 14.0. The van der Waals surface area contributed by atoms with Crippen LogP contribution in [0.1, 0.15) is 12.5 Å². The number of hydrogen-bond acceptors (Lipinski definition) is 5. The van der Waals surface area contributed by atoms with Crippen molar-refractivity contribution in [2.24, 2.45) is 0 Å². The Bertz CT molecular complexity index is 929. The zero-order valence-electron chi connectivity index (χ0n) is 19.0. The SMILES string of the molecule is CCN(CC(=O)Nc1ccc(OC)cc1)CC(=O)N1CCN(Cc2c(F)cccc2Cl)CC1. The van der Waals surface area contributed by atoms with Gasteiger partial charge in [0.15, 0.2) is 0 Å². The fourth-order valence-electron chi connectivity index (χ4n) is 3.71. The van der Waals surface area contributed by atoms with Crippen molar-refractivity contribution in [1.82, 2.24) is 14.7 Å². The van der Waals surface area contributed by atoms with Gasteiger partial charge in [-0.3, -0.25) is 19.4 Å². The van der Waals surface area contributed by atoms with Crippen LogP contribution in [0, 0.1) is 5.82 Å². The van der Waals surface area contributed by atoms with Gasteiger partial charge in [0.05, 0.1) is 20.2 Å². The highest BCUT2D eigenvalue weighted by molar-refractivity contribution is 6.31. The molecule has 178 valence electrons. The number of hydrogen-bond donors (Lipinski definition) is 1. The van der Waals surface area contributed by atoms with Gasteiger partial charge < -0.3 is 15.0 Å². The summed E-state index contributed by atoms with van der Waals surface area (Å²) < 4.78 is 19.2. The average molecular weight is 477 g/mol. The molecular formula is C24H30ClFN4O3. The monoisotopic (exact) mass is 476 g/mol. The van der Waals surface area contributed by atoms with E-state index in [-0.39, 0.29) is 30.7 Å². The molecule has 1 fully saturated rings. The van der Waals surface area contributed by atoms with E-state index in [0.29, 0.717) is 61.3 Å². The predicted octanol–water partition coefficient (Wildman–Crippen LogP) is 3.09. The molecule has 1 N–H and O–H groups in total. The normalized spacial score (nSPS) is 14.4. The highest BCUT2D eigenvalue weighted by Gasteiger charge is 2.24. The molecule has 0 saturated carbocycles. The topological polar surface area (TPSA) is 65.1 Å². The molecule has 0 aliphatic carbocycles. The molecule has 0 radical (unpaired) electrons. The zero-order chi connectivity index (χ0) is 23.8. The van der Waals surface area contributed by atoms with Gasteiger partial charge in [0.25, 0.3) is 0 Å². The lowest BCUT2D eigenvalue weighted by molar-refractivity contribution is -0.134. The number of nitrogens with one attached hydrogen (secondary N) is 1. The van der Waals surface area contributed by atoms with Crippen LogP contribution in [-0.2, 0) is 16.1 Å². The first-order valence-electron chi connectivity index (χ1n) is 11.0. The van der Waals surface area contributed by atoms with Crippen LogP contribution >= 0.6 is 11.6 Å². The van der Waals surface area contributed by atoms with Crippen molar-refractivity contribution in [2.75, 3.05) is 58.2 Å². The summed E-state index contributed by atoms with van der Waals surface area (Å²) in [5, 5.41) is 3.26. The molecule has 2 aromatic rings. The molecule has 1 aliphatic rings. The smallest absolute Gasteiger partial charge is 0.238 e. The van der Waals surface area contributed by atoms with Gasteiger partial charge in [-0.05, 0) is 42.9 Å². The third-order valence-corrected chi connectivity index (χ3v) is 6.07. The van der Waals surface area contributed by atoms with E-state index in [1.54, 1.807) is 48.4 Å². The number of halogens is 2. The fourth-order valence-corrected chi connectivity index (χ4v) is 3.93. The van der Waals surface area contributed by atoms with E-state index in [2.05, 4.69) is 10.2 Å². The van der Waals surface area contributed by atoms with Crippen molar-refractivity contribution in [3.05, 3.63) is 58.9 Å². The number of likely N-dealkylation sites (N-methyl/N-ethyl adjacent to an activating group) is 1. The molecule has 0 aromatic heterocycles. The van der Waals surface area contributed by atoms with E-state index in [4.69, 9.17) is 16.3 Å². The van der Waals surface area contributed by atoms with E-state index in [1.165, 1.54) is 6.07 Å². The largest absolute Gasteiger partial charge is 0.497 e. The van der Waals surface area contributed by atoms with Gasteiger partial charge >= 0.3 is 0 Å². The van der Waals surface area contributed by atoms with Crippen molar-refractivity contribution in [1.29, 1.82) is 0 Å². The minimum atomic E-state index is -0.312. The Kier molecular flexibility index (Phi) is 9.05. The van der Waals surface area contributed by atoms with E-state index >= 15 is 0 Å². The van der Waals surface area contributed by atoms with E-state index in [0.717, 1.165) is 0 Å². The third kappa shape index (κ3) is 7.15. The van der Waals surface area contributed by atoms with E-state index < -0.39 is 0 Å². The Morgan fingerprint density at radius 1 is 1.09 bits per heavy atom. The number of anilines is 1. The quantitative estimate of drug-likeness (QED) is 0.602. The Hall–Kier alpha value is -2.68. The average Bonchev–Trinajstić information content (AvgIpc) is 2.82. The molecule has 7 nitrogen and oxygen atoms in total. The summed E-state index contributed by atoms with van der Waals surface area (Å²) >= 11 is 6.13. The third-order valence-electron chi connectivity index (χ3n) is 5.72. The molecule has 1 heterocycles. The highest BCUT2D eigenvalue weighted by atomic mass is 35.5. The maximum atomic E-state index is 14.0. The molecule has 9 heteroatoms. The highest BCUT2D eigenvalue weighted by Crippen LogP contribution is 2.21. The Balaban J connectivity index is 1.45. The van der Waals surface area contributed by atoms with Crippen LogP contribution in [0.5, 0.6) is 5.75 Å². The molecule has 0 spiro atoms. The summed E-state index contributed by atoms with van der Waals surface area (Å²) in [6.07, 6.45) is 0. The number of nitrogens with zero attached hydrogens (tertiary/aromatic N) is 3. The summed E-state index contributed by atoms with van der Waals surface area (Å²) in [4.78, 5) is 30.9. The fraction of sp³-hybridized carbons (Fsp3) is 0.417. The number of ether oxygens (including phenoxy) is 1. The molecule has 0 atom stereocenters. The Labute approximate surface area is 199 Å². The second-order valence-corrected chi connectivity index (χ2v) is 8.34. The summed E-state index contributed by atoms with van der Waals surface area (Å²) in [5.74, 6) is 0.206. The first-order chi connectivity index (χ1) is 15.9. The summed E-state index contributed by atoms with van der Waals surface area (Å²) in [6.45, 7) is 5.60. The van der Waals surface area contributed by atoms with Crippen molar-refractivity contribution in [3.63, 3.8) is 0 Å². The lowest BCUT2D eigenvalue weighted by Gasteiger charge is -2.35. The zero-order valence-corrected chi connectivity index (χ0v) is 19.8. The number of carbonyl (C=O) groups excluding carboxylic acids is 2.